The third kappa shape index (κ3) is 2.89. The van der Waals surface area contributed by atoms with Crippen molar-refractivity contribution in [3.05, 3.63) is 11.6 Å². The molecule has 0 saturated carbocycles. The van der Waals surface area contributed by atoms with Crippen LogP contribution in [0.15, 0.2) is 11.6 Å². The first-order valence-corrected chi connectivity index (χ1v) is 8.38. The highest BCUT2D eigenvalue weighted by Gasteiger charge is 2.48. The van der Waals surface area contributed by atoms with E-state index in [1.54, 1.807) is 13.8 Å². The van der Waals surface area contributed by atoms with E-state index in [0.29, 0.717) is 25.3 Å². The van der Waals surface area contributed by atoms with Crippen LogP contribution in [0.4, 0.5) is 0 Å². The van der Waals surface area contributed by atoms with Gasteiger partial charge in [-0.05, 0) is 31.8 Å². The van der Waals surface area contributed by atoms with Crippen molar-refractivity contribution >= 4 is 7.60 Å². The smallest absolute Gasteiger partial charge is 0.395 e. The minimum atomic E-state index is -3.37. The second-order valence-electron chi connectivity index (χ2n) is 5.39. The van der Waals surface area contributed by atoms with Crippen molar-refractivity contribution in [2.24, 2.45) is 11.3 Å². The molecule has 0 N–H and O–H groups in total. The molecule has 2 heterocycles. The van der Waals surface area contributed by atoms with Crippen LogP contribution in [0.1, 0.15) is 34.1 Å². The predicted octanol–water partition coefficient (Wildman–Crippen LogP) is 3.51. The van der Waals surface area contributed by atoms with Gasteiger partial charge in [-0.15, -0.1) is 0 Å². The fourth-order valence-electron chi connectivity index (χ4n) is 2.63. The molecular formula is C13H23O5P. The van der Waals surface area contributed by atoms with Gasteiger partial charge in [-0.2, -0.15) is 0 Å². The van der Waals surface area contributed by atoms with Crippen LogP contribution in [0.25, 0.3) is 0 Å². The average Bonchev–Trinajstić information content (AvgIpc) is 2.78. The quantitative estimate of drug-likeness (QED) is 0.725. The molecule has 0 aliphatic carbocycles. The van der Waals surface area contributed by atoms with Gasteiger partial charge in [0.1, 0.15) is 0 Å². The van der Waals surface area contributed by atoms with Crippen LogP contribution >= 0.6 is 7.60 Å². The summed E-state index contributed by atoms with van der Waals surface area (Å²) in [7, 11) is -3.37. The average molecular weight is 290 g/mol. The summed E-state index contributed by atoms with van der Waals surface area (Å²) in [6.45, 7) is 9.08. The van der Waals surface area contributed by atoms with Crippen LogP contribution in [0.3, 0.4) is 0 Å². The monoisotopic (exact) mass is 290 g/mol. The summed E-state index contributed by atoms with van der Waals surface area (Å²) >= 11 is 0. The van der Waals surface area contributed by atoms with E-state index in [-0.39, 0.29) is 17.6 Å². The van der Waals surface area contributed by atoms with Crippen molar-refractivity contribution in [2.75, 3.05) is 19.8 Å². The lowest BCUT2D eigenvalue weighted by Gasteiger charge is -2.38. The Labute approximate surface area is 114 Å². The highest BCUT2D eigenvalue weighted by molar-refractivity contribution is 7.58. The van der Waals surface area contributed by atoms with Crippen molar-refractivity contribution in [1.82, 2.24) is 0 Å². The third-order valence-corrected chi connectivity index (χ3v) is 5.57. The molecule has 0 bridgehead atoms. The molecule has 2 rings (SSSR count). The topological polar surface area (TPSA) is 54.0 Å². The molecule has 1 fully saturated rings. The fourth-order valence-corrected chi connectivity index (χ4v) is 4.36. The number of rotatable bonds is 5. The lowest BCUT2D eigenvalue weighted by molar-refractivity contribution is -0.125. The van der Waals surface area contributed by atoms with Gasteiger partial charge in [-0.1, -0.05) is 13.8 Å². The lowest BCUT2D eigenvalue weighted by atomic mass is 9.77. The first kappa shape index (κ1) is 15.0. The summed E-state index contributed by atoms with van der Waals surface area (Å²) in [5.41, 5.74) is 0.155. The van der Waals surface area contributed by atoms with Gasteiger partial charge in [0.2, 0.25) is 11.8 Å². The molecule has 19 heavy (non-hydrogen) atoms. The maximum atomic E-state index is 12.8. The molecular weight excluding hydrogens is 267 g/mol. The molecule has 6 heteroatoms. The van der Waals surface area contributed by atoms with Crippen molar-refractivity contribution in [3.63, 3.8) is 0 Å². The zero-order valence-electron chi connectivity index (χ0n) is 12.0. The van der Waals surface area contributed by atoms with Crippen LogP contribution in [-0.2, 0) is 23.1 Å². The normalized spacial score (nSPS) is 29.6. The molecule has 0 aromatic heterocycles. The Morgan fingerprint density at radius 3 is 2.58 bits per heavy atom. The van der Waals surface area contributed by atoms with Crippen LogP contribution < -0.4 is 0 Å². The molecule has 0 spiro atoms. The second kappa shape index (κ2) is 5.57. The van der Waals surface area contributed by atoms with E-state index in [1.807, 2.05) is 6.08 Å². The van der Waals surface area contributed by atoms with Crippen LogP contribution in [-0.4, -0.2) is 26.1 Å². The number of allylic oxidation sites excluding steroid dienone is 1. The first-order chi connectivity index (χ1) is 8.93. The Balaban J connectivity index is 2.30. The first-order valence-electron chi connectivity index (χ1n) is 6.83. The van der Waals surface area contributed by atoms with E-state index in [1.165, 1.54) is 0 Å². The minimum Gasteiger partial charge on any atom is -0.456 e. The fraction of sp³-hybridized carbons (Fsp3) is 0.846. The van der Waals surface area contributed by atoms with Crippen LogP contribution in [0.2, 0.25) is 0 Å². The van der Waals surface area contributed by atoms with Crippen molar-refractivity contribution in [1.29, 1.82) is 0 Å². The molecule has 0 amide bonds. The summed E-state index contributed by atoms with van der Waals surface area (Å²) in [5.74, 6) is 0.285. The molecule has 0 aromatic rings. The van der Waals surface area contributed by atoms with E-state index in [4.69, 9.17) is 18.5 Å². The lowest BCUT2D eigenvalue weighted by Crippen LogP contribution is -2.35. The summed E-state index contributed by atoms with van der Waals surface area (Å²) in [4.78, 5) is 0. The zero-order chi connectivity index (χ0) is 14.1. The van der Waals surface area contributed by atoms with Gasteiger partial charge in [0.05, 0.1) is 19.8 Å². The van der Waals surface area contributed by atoms with Gasteiger partial charge in [0.25, 0.3) is 0 Å². The zero-order valence-corrected chi connectivity index (χ0v) is 12.9. The molecule has 0 radical (unpaired) electrons. The highest BCUT2D eigenvalue weighted by atomic mass is 31.2. The van der Waals surface area contributed by atoms with Crippen molar-refractivity contribution in [2.45, 2.75) is 40.4 Å². The molecule has 2 atom stereocenters. The van der Waals surface area contributed by atoms with Crippen molar-refractivity contribution in [3.8, 4) is 0 Å². The van der Waals surface area contributed by atoms with E-state index in [2.05, 4.69) is 13.8 Å². The number of fused-ring (bicyclic) bond motifs is 1. The van der Waals surface area contributed by atoms with Gasteiger partial charge in [-0.25, -0.2) is 0 Å². The molecule has 110 valence electrons. The van der Waals surface area contributed by atoms with Crippen LogP contribution in [0.5, 0.6) is 0 Å². The Morgan fingerprint density at radius 1 is 1.37 bits per heavy atom. The number of ether oxygens (including phenoxy) is 2. The Morgan fingerprint density at radius 2 is 2.00 bits per heavy atom. The second-order valence-corrected chi connectivity index (χ2v) is 7.34. The van der Waals surface area contributed by atoms with Crippen molar-refractivity contribution < 1.29 is 23.1 Å². The molecule has 0 aromatic carbocycles. The number of hydrogen-bond acceptors (Lipinski definition) is 5. The molecule has 2 aliphatic heterocycles. The van der Waals surface area contributed by atoms with Gasteiger partial charge in [-0.3, -0.25) is 4.57 Å². The Bertz CT molecular complexity index is 394. The van der Waals surface area contributed by atoms with Gasteiger partial charge < -0.3 is 18.5 Å². The minimum absolute atomic E-state index is 0.140. The van der Waals surface area contributed by atoms with Gasteiger partial charge in [0.15, 0.2) is 0 Å². The SMILES string of the molecule is CCOP(=O)(OCC)C1=CC(C)(C)[C@@H]2CCO[C@@H]2O1. The van der Waals surface area contributed by atoms with E-state index < -0.39 is 7.60 Å². The standard InChI is InChI=1S/C13H23O5P/c1-5-16-19(14,17-6-2)11-9-13(3,4)10-7-8-15-12(10)18-11/h9-10,12H,5-8H2,1-4H3/t10-,12-/m1/s1. The maximum absolute atomic E-state index is 12.8. The Hall–Kier alpha value is -0.350. The van der Waals surface area contributed by atoms with Crippen LogP contribution in [0, 0.1) is 11.3 Å². The molecule has 2 aliphatic rings. The maximum Gasteiger partial charge on any atom is 0.395 e. The summed E-state index contributed by atoms with van der Waals surface area (Å²) in [6, 6.07) is 0. The third-order valence-electron chi connectivity index (χ3n) is 3.60. The molecule has 0 unspecified atom stereocenters. The summed E-state index contributed by atoms with van der Waals surface area (Å²) in [5, 5.41) is 0. The van der Waals surface area contributed by atoms with E-state index in [9.17, 15) is 4.57 Å². The molecule has 5 nitrogen and oxygen atoms in total. The largest absolute Gasteiger partial charge is 0.456 e. The van der Waals surface area contributed by atoms with E-state index in [0.717, 1.165) is 6.42 Å². The highest BCUT2D eigenvalue weighted by Crippen LogP contribution is 2.61. The molecule has 1 saturated heterocycles. The predicted molar refractivity (Wildman–Crippen MR) is 71.7 cm³/mol. The van der Waals surface area contributed by atoms with E-state index >= 15 is 0 Å². The summed E-state index contributed by atoms with van der Waals surface area (Å²) in [6.07, 6.45) is 2.49. The summed E-state index contributed by atoms with van der Waals surface area (Å²) < 4.78 is 34.7. The van der Waals surface area contributed by atoms with Gasteiger partial charge >= 0.3 is 7.60 Å². The van der Waals surface area contributed by atoms with Gasteiger partial charge in [0, 0.05) is 5.92 Å². The Kier molecular flexibility index (Phi) is 4.41. The number of hydrogen-bond donors (Lipinski definition) is 0.